The predicted molar refractivity (Wildman–Crippen MR) is 181 cm³/mol. The number of rotatable bonds is 7. The summed E-state index contributed by atoms with van der Waals surface area (Å²) in [4.78, 5) is 35.7. The van der Waals surface area contributed by atoms with E-state index in [0.717, 1.165) is 61.4 Å². The third kappa shape index (κ3) is 5.42. The summed E-state index contributed by atoms with van der Waals surface area (Å²) in [7, 11) is 1.39. The first-order valence-corrected chi connectivity index (χ1v) is 17.0. The van der Waals surface area contributed by atoms with Gasteiger partial charge in [0.15, 0.2) is 0 Å². The summed E-state index contributed by atoms with van der Waals surface area (Å²) in [5, 5.41) is 0. The zero-order valence-electron chi connectivity index (χ0n) is 27.7. The van der Waals surface area contributed by atoms with E-state index in [1.165, 1.54) is 43.9 Å². The molecule has 3 atom stereocenters. The van der Waals surface area contributed by atoms with E-state index in [1.54, 1.807) is 6.07 Å². The van der Waals surface area contributed by atoms with Gasteiger partial charge in [-0.15, -0.1) is 0 Å². The van der Waals surface area contributed by atoms with Crippen molar-refractivity contribution >= 4 is 22.9 Å². The van der Waals surface area contributed by atoms with Gasteiger partial charge in [0.2, 0.25) is 0 Å². The number of ether oxygens (including phenoxy) is 1. The molecule has 7 nitrogen and oxygen atoms in total. The fourth-order valence-corrected chi connectivity index (χ4v) is 8.95. The molecule has 240 valence electrons. The molecule has 3 aliphatic rings. The molecule has 4 aromatic rings. The van der Waals surface area contributed by atoms with Gasteiger partial charge in [-0.2, -0.15) is 0 Å². The molecule has 0 aliphatic carbocycles. The Morgan fingerprint density at radius 2 is 1.48 bits per heavy atom. The van der Waals surface area contributed by atoms with E-state index in [-0.39, 0.29) is 17.3 Å². The zero-order valence-corrected chi connectivity index (χ0v) is 27.7. The second-order valence-electron chi connectivity index (χ2n) is 13.9. The van der Waals surface area contributed by atoms with Crippen LogP contribution in [0.15, 0.2) is 66.7 Å². The van der Waals surface area contributed by atoms with Crippen LogP contribution in [0.5, 0.6) is 0 Å². The Hall–Kier alpha value is -3.97. The quantitative estimate of drug-likeness (QED) is 0.205. The number of carbonyl (C=O) groups excluding carboxylic acids is 2. The Morgan fingerprint density at radius 3 is 2.17 bits per heavy atom. The van der Waals surface area contributed by atoms with Crippen molar-refractivity contribution in [3.63, 3.8) is 0 Å². The summed E-state index contributed by atoms with van der Waals surface area (Å²) in [6.07, 6.45) is 7.94. The molecule has 2 bridgehead atoms. The lowest BCUT2D eigenvalue weighted by Gasteiger charge is -2.45. The van der Waals surface area contributed by atoms with Crippen LogP contribution in [-0.2, 0) is 10.2 Å². The standard InChI is InChI=1S/C39H46N4O3/c1-26-23-34(38(45)46-4)27(2)22-33(26)37(44)41-19-16-39(17-20-41,29-10-6-5-7-11-29)18-21-42-30-14-15-31(42)25-32(24-30)43-28(3)40-35-12-8-9-13-36(35)43/h5-13,22-23,30-32H,14-21,24-25H2,1-4H3/t30-,31+,32+. The number of likely N-dealkylation sites (tertiary alicyclic amines) is 1. The fraction of sp³-hybridized carbons (Fsp3) is 0.462. The van der Waals surface area contributed by atoms with Crippen molar-refractivity contribution in [2.75, 3.05) is 26.7 Å². The number of esters is 1. The molecule has 3 aliphatic heterocycles. The SMILES string of the molecule is COC(=O)c1cc(C)c(C(=O)N2CCC(CCN3[C@@H]4CC[C@H]3C[C@@H](n3c(C)nc5ccccc53)C4)(c3ccccc3)CC2)cc1C. The molecular weight excluding hydrogens is 572 g/mol. The van der Waals surface area contributed by atoms with Crippen LogP contribution in [-0.4, -0.2) is 70.1 Å². The van der Waals surface area contributed by atoms with Gasteiger partial charge in [0.05, 0.1) is 23.7 Å². The van der Waals surface area contributed by atoms with Gasteiger partial charge in [-0.3, -0.25) is 9.69 Å². The molecule has 0 spiro atoms. The Balaban J connectivity index is 1.06. The van der Waals surface area contributed by atoms with E-state index in [4.69, 9.17) is 9.72 Å². The fourth-order valence-electron chi connectivity index (χ4n) is 8.95. The molecule has 0 saturated carbocycles. The van der Waals surface area contributed by atoms with Gasteiger partial charge >= 0.3 is 5.97 Å². The third-order valence-corrected chi connectivity index (χ3v) is 11.4. The van der Waals surface area contributed by atoms with Crippen LogP contribution in [0.3, 0.4) is 0 Å². The van der Waals surface area contributed by atoms with Crippen LogP contribution < -0.4 is 0 Å². The van der Waals surface area contributed by atoms with Gasteiger partial charge in [0, 0.05) is 36.8 Å². The molecule has 0 N–H and O–H groups in total. The maximum atomic E-state index is 13.8. The Kier molecular flexibility index (Phi) is 8.22. The van der Waals surface area contributed by atoms with Gasteiger partial charge in [-0.1, -0.05) is 42.5 Å². The van der Waals surface area contributed by atoms with Crippen molar-refractivity contribution in [2.24, 2.45) is 0 Å². The van der Waals surface area contributed by atoms with Crippen molar-refractivity contribution in [3.8, 4) is 0 Å². The van der Waals surface area contributed by atoms with Gasteiger partial charge in [-0.25, -0.2) is 9.78 Å². The van der Waals surface area contributed by atoms with E-state index in [9.17, 15) is 9.59 Å². The summed E-state index contributed by atoms with van der Waals surface area (Å²) in [5.74, 6) is 0.822. The van der Waals surface area contributed by atoms with Gasteiger partial charge in [0.1, 0.15) is 5.82 Å². The number of hydrogen-bond acceptors (Lipinski definition) is 5. The number of benzene rings is 3. The molecule has 3 aromatic carbocycles. The number of imidazole rings is 1. The number of piperidine rings is 2. The number of methoxy groups -OCH3 is 1. The first kappa shape index (κ1) is 30.7. The highest BCUT2D eigenvalue weighted by molar-refractivity contribution is 5.98. The number of aryl methyl sites for hydroxylation is 3. The van der Waals surface area contributed by atoms with Gasteiger partial charge in [-0.05, 0) is 119 Å². The number of hydrogen-bond donors (Lipinski definition) is 0. The molecule has 46 heavy (non-hydrogen) atoms. The number of carbonyl (C=O) groups is 2. The lowest BCUT2D eigenvalue weighted by Crippen LogP contribution is -2.49. The average Bonchev–Trinajstić information content (AvgIpc) is 3.54. The minimum atomic E-state index is -0.367. The highest BCUT2D eigenvalue weighted by atomic mass is 16.5. The first-order chi connectivity index (χ1) is 22.3. The normalized spacial score (nSPS) is 22.7. The molecular formula is C39H46N4O3. The second-order valence-corrected chi connectivity index (χ2v) is 13.9. The van der Waals surface area contributed by atoms with Crippen molar-refractivity contribution in [1.29, 1.82) is 0 Å². The number of fused-ring (bicyclic) bond motifs is 3. The summed E-state index contributed by atoms with van der Waals surface area (Å²) in [5.41, 5.74) is 6.60. The lowest BCUT2D eigenvalue weighted by atomic mass is 9.70. The van der Waals surface area contributed by atoms with E-state index >= 15 is 0 Å². The summed E-state index contributed by atoms with van der Waals surface area (Å²) in [6.45, 7) is 8.50. The van der Waals surface area contributed by atoms with E-state index < -0.39 is 0 Å². The topological polar surface area (TPSA) is 67.7 Å². The van der Waals surface area contributed by atoms with Crippen LogP contribution in [0.4, 0.5) is 0 Å². The lowest BCUT2D eigenvalue weighted by molar-refractivity contribution is 0.0589. The number of nitrogens with zero attached hydrogens (tertiary/aromatic N) is 4. The molecule has 7 rings (SSSR count). The Labute approximate surface area is 272 Å². The Bertz CT molecular complexity index is 1740. The van der Waals surface area contributed by atoms with Crippen LogP contribution >= 0.6 is 0 Å². The number of aromatic nitrogens is 2. The Morgan fingerprint density at radius 1 is 0.848 bits per heavy atom. The number of para-hydroxylation sites is 2. The molecule has 0 unspecified atom stereocenters. The maximum absolute atomic E-state index is 13.8. The summed E-state index contributed by atoms with van der Waals surface area (Å²) >= 11 is 0. The van der Waals surface area contributed by atoms with Crippen molar-refractivity contribution in [3.05, 3.63) is 100 Å². The van der Waals surface area contributed by atoms with Crippen LogP contribution in [0.1, 0.15) is 94.2 Å². The third-order valence-electron chi connectivity index (χ3n) is 11.4. The van der Waals surface area contributed by atoms with Crippen molar-refractivity contribution in [2.45, 2.75) is 89.3 Å². The molecule has 3 saturated heterocycles. The van der Waals surface area contributed by atoms with E-state index in [1.807, 2.05) is 24.8 Å². The van der Waals surface area contributed by atoms with Crippen molar-refractivity contribution in [1.82, 2.24) is 19.4 Å². The molecule has 1 amide bonds. The molecule has 0 radical (unpaired) electrons. The van der Waals surface area contributed by atoms with Crippen molar-refractivity contribution < 1.29 is 14.3 Å². The highest BCUT2D eigenvalue weighted by Gasteiger charge is 2.44. The van der Waals surface area contributed by atoms with Crippen LogP contribution in [0.2, 0.25) is 0 Å². The minimum Gasteiger partial charge on any atom is -0.465 e. The highest BCUT2D eigenvalue weighted by Crippen LogP contribution is 2.45. The molecule has 1 aromatic heterocycles. The minimum absolute atomic E-state index is 0.0468. The molecule has 4 heterocycles. The van der Waals surface area contributed by atoms with E-state index in [0.29, 0.717) is 29.3 Å². The van der Waals surface area contributed by atoms with Gasteiger partial charge < -0.3 is 14.2 Å². The summed E-state index contributed by atoms with van der Waals surface area (Å²) in [6, 6.07) is 25.0. The van der Waals surface area contributed by atoms with E-state index in [2.05, 4.69) is 71.0 Å². The molecule has 7 heteroatoms. The van der Waals surface area contributed by atoms with Crippen LogP contribution in [0.25, 0.3) is 11.0 Å². The second kappa shape index (κ2) is 12.3. The first-order valence-electron chi connectivity index (χ1n) is 17.0. The number of amides is 1. The monoisotopic (exact) mass is 618 g/mol. The smallest absolute Gasteiger partial charge is 0.338 e. The predicted octanol–water partition coefficient (Wildman–Crippen LogP) is 7.18. The zero-order chi connectivity index (χ0) is 32.0. The molecule has 3 fully saturated rings. The largest absolute Gasteiger partial charge is 0.465 e. The van der Waals surface area contributed by atoms with Crippen LogP contribution in [0, 0.1) is 20.8 Å². The maximum Gasteiger partial charge on any atom is 0.338 e. The van der Waals surface area contributed by atoms with Gasteiger partial charge in [0.25, 0.3) is 5.91 Å². The summed E-state index contributed by atoms with van der Waals surface area (Å²) < 4.78 is 7.45. The average molecular weight is 619 g/mol.